The van der Waals surface area contributed by atoms with Crippen LogP contribution in [0.25, 0.3) is 0 Å². The van der Waals surface area contributed by atoms with Crippen LogP contribution < -0.4 is 11.3 Å². The number of thioether (sulfide) groups is 1. The molecule has 21 heavy (non-hydrogen) atoms. The van der Waals surface area contributed by atoms with Gasteiger partial charge in [0, 0.05) is 30.2 Å². The van der Waals surface area contributed by atoms with E-state index in [0.29, 0.717) is 13.1 Å². The van der Waals surface area contributed by atoms with E-state index in [2.05, 4.69) is 5.43 Å². The monoisotopic (exact) mass is 332 g/mol. The van der Waals surface area contributed by atoms with Gasteiger partial charge in [0.1, 0.15) is 5.69 Å². The van der Waals surface area contributed by atoms with E-state index in [0.717, 1.165) is 11.8 Å². The molecule has 1 unspecified atom stereocenters. The second kappa shape index (κ2) is 6.18. The summed E-state index contributed by atoms with van der Waals surface area (Å²) in [7, 11) is -3.67. The molecule has 1 aromatic carbocycles. The van der Waals surface area contributed by atoms with Crippen molar-refractivity contribution in [2.75, 3.05) is 24.3 Å². The fourth-order valence-electron chi connectivity index (χ4n) is 2.10. The second-order valence-corrected chi connectivity index (χ2v) is 8.11. The Labute approximate surface area is 126 Å². The van der Waals surface area contributed by atoms with Crippen molar-refractivity contribution in [3.8, 4) is 0 Å². The number of hydrogen-bond donors (Lipinski definition) is 2. The topological polar surface area (TPSA) is 119 Å². The fraction of sp³-hybridized carbons (Fsp3) is 0.455. The van der Waals surface area contributed by atoms with E-state index in [-0.39, 0.29) is 21.5 Å². The Kier molecular flexibility index (Phi) is 4.71. The van der Waals surface area contributed by atoms with Gasteiger partial charge in [0.05, 0.1) is 9.82 Å². The highest BCUT2D eigenvalue weighted by Gasteiger charge is 2.30. The van der Waals surface area contributed by atoms with Crippen molar-refractivity contribution < 1.29 is 13.3 Å². The fourth-order valence-corrected chi connectivity index (χ4v) is 4.88. The lowest BCUT2D eigenvalue weighted by Gasteiger charge is -2.29. The summed E-state index contributed by atoms with van der Waals surface area (Å²) in [5.74, 6) is 5.97. The Morgan fingerprint density at radius 1 is 1.52 bits per heavy atom. The molecule has 0 bridgehead atoms. The summed E-state index contributed by atoms with van der Waals surface area (Å²) in [6, 6.07) is 3.57. The van der Waals surface area contributed by atoms with E-state index in [1.165, 1.54) is 16.4 Å². The average molecular weight is 332 g/mol. The van der Waals surface area contributed by atoms with Gasteiger partial charge in [0.2, 0.25) is 10.0 Å². The van der Waals surface area contributed by atoms with Crippen LogP contribution in [0.5, 0.6) is 0 Å². The van der Waals surface area contributed by atoms with Crippen LogP contribution in [0.3, 0.4) is 0 Å². The number of nitro benzene ring substituents is 1. The van der Waals surface area contributed by atoms with Crippen LogP contribution in [0.1, 0.15) is 6.92 Å². The number of sulfonamides is 1. The number of hydrazine groups is 1. The summed E-state index contributed by atoms with van der Waals surface area (Å²) in [5.41, 5.74) is 1.88. The largest absolute Gasteiger partial charge is 0.318 e. The molecule has 1 atom stereocenters. The third-order valence-corrected chi connectivity index (χ3v) is 6.16. The van der Waals surface area contributed by atoms with E-state index in [1.54, 1.807) is 11.8 Å². The number of nitrogens with two attached hydrogens (primary N) is 1. The van der Waals surface area contributed by atoms with Crippen molar-refractivity contribution in [2.45, 2.75) is 17.1 Å². The molecule has 1 aliphatic rings. The number of nitro groups is 1. The van der Waals surface area contributed by atoms with E-state index >= 15 is 0 Å². The number of nitrogens with zero attached hydrogens (tertiary/aromatic N) is 2. The first-order chi connectivity index (χ1) is 9.86. The lowest BCUT2D eigenvalue weighted by molar-refractivity contribution is -0.384. The molecule has 0 spiro atoms. The van der Waals surface area contributed by atoms with Gasteiger partial charge in [-0.2, -0.15) is 16.1 Å². The maximum absolute atomic E-state index is 12.6. The molecule has 0 aromatic heterocycles. The second-order valence-electron chi connectivity index (χ2n) is 4.62. The van der Waals surface area contributed by atoms with Crippen LogP contribution in [0.15, 0.2) is 23.1 Å². The molecule has 0 amide bonds. The highest BCUT2D eigenvalue weighted by molar-refractivity contribution is 8.00. The number of nitrogens with one attached hydrogen (secondary N) is 1. The lowest BCUT2D eigenvalue weighted by atomic mass is 10.3. The maximum atomic E-state index is 12.6. The zero-order chi connectivity index (χ0) is 15.6. The zero-order valence-corrected chi connectivity index (χ0v) is 13.0. The molecule has 2 rings (SSSR count). The lowest BCUT2D eigenvalue weighted by Crippen LogP contribution is -2.40. The minimum Gasteiger partial charge on any atom is -0.318 e. The minimum atomic E-state index is -3.67. The summed E-state index contributed by atoms with van der Waals surface area (Å²) < 4.78 is 26.5. The Bertz CT molecular complexity index is 650. The number of hydrogen-bond acceptors (Lipinski definition) is 7. The summed E-state index contributed by atoms with van der Waals surface area (Å²) in [5, 5.41) is 11.1. The molecule has 0 aliphatic carbocycles. The van der Waals surface area contributed by atoms with Crippen molar-refractivity contribution in [2.24, 2.45) is 5.84 Å². The Morgan fingerprint density at radius 2 is 2.24 bits per heavy atom. The quantitative estimate of drug-likeness (QED) is 0.480. The number of rotatable bonds is 4. The minimum absolute atomic E-state index is 0.000139. The van der Waals surface area contributed by atoms with Gasteiger partial charge in [-0.3, -0.25) is 16.0 Å². The predicted octanol–water partition coefficient (Wildman–Crippen LogP) is 1.01. The third-order valence-electron chi connectivity index (χ3n) is 3.16. The summed E-state index contributed by atoms with van der Waals surface area (Å²) >= 11 is 1.72. The number of nitrogen functional groups attached to an aromatic ring is 1. The van der Waals surface area contributed by atoms with Crippen molar-refractivity contribution in [3.63, 3.8) is 0 Å². The van der Waals surface area contributed by atoms with Crippen LogP contribution in [-0.2, 0) is 10.0 Å². The molecular formula is C11H16N4O4S2. The van der Waals surface area contributed by atoms with Crippen LogP contribution in [0.2, 0.25) is 0 Å². The molecular weight excluding hydrogens is 316 g/mol. The smallest absolute Gasteiger partial charge is 0.293 e. The average Bonchev–Trinajstić information content (AvgIpc) is 2.46. The van der Waals surface area contributed by atoms with Gasteiger partial charge in [-0.05, 0) is 12.1 Å². The molecule has 1 saturated heterocycles. The van der Waals surface area contributed by atoms with Gasteiger partial charge in [-0.15, -0.1) is 0 Å². The first-order valence-electron chi connectivity index (χ1n) is 6.23. The maximum Gasteiger partial charge on any atom is 0.293 e. The standard InChI is InChI=1S/C11H16N4O4S2/c1-8-7-14(4-5-20-8)21(18,19)9-2-3-11(15(16)17)10(6-9)13-12/h2-3,6,8,13H,4-5,7,12H2,1H3. The Balaban J connectivity index is 2.38. The van der Waals surface area contributed by atoms with E-state index in [9.17, 15) is 18.5 Å². The third kappa shape index (κ3) is 3.28. The van der Waals surface area contributed by atoms with Crippen molar-refractivity contribution in [1.29, 1.82) is 0 Å². The predicted molar refractivity (Wildman–Crippen MR) is 81.6 cm³/mol. The van der Waals surface area contributed by atoms with Gasteiger partial charge in [-0.1, -0.05) is 6.92 Å². The van der Waals surface area contributed by atoms with Gasteiger partial charge < -0.3 is 5.43 Å². The van der Waals surface area contributed by atoms with Gasteiger partial charge in [-0.25, -0.2) is 8.42 Å². The van der Waals surface area contributed by atoms with Gasteiger partial charge in [0.15, 0.2) is 0 Å². The molecule has 1 aromatic rings. The summed E-state index contributed by atoms with van der Waals surface area (Å²) in [6.07, 6.45) is 0. The SMILES string of the molecule is CC1CN(S(=O)(=O)c2ccc([N+](=O)[O-])c(NN)c2)CCS1. The van der Waals surface area contributed by atoms with Crippen molar-refractivity contribution >= 4 is 33.2 Å². The first kappa shape index (κ1) is 16.0. The van der Waals surface area contributed by atoms with Crippen molar-refractivity contribution in [3.05, 3.63) is 28.3 Å². The first-order valence-corrected chi connectivity index (χ1v) is 8.72. The molecule has 1 fully saturated rings. The molecule has 1 heterocycles. The molecule has 0 radical (unpaired) electrons. The van der Waals surface area contributed by atoms with Crippen LogP contribution >= 0.6 is 11.8 Å². The Hall–Kier alpha value is -1.36. The Morgan fingerprint density at radius 3 is 2.81 bits per heavy atom. The normalized spacial score (nSPS) is 20.2. The van der Waals surface area contributed by atoms with E-state index in [1.807, 2.05) is 6.92 Å². The van der Waals surface area contributed by atoms with Gasteiger partial charge >= 0.3 is 0 Å². The van der Waals surface area contributed by atoms with E-state index in [4.69, 9.17) is 5.84 Å². The molecule has 0 saturated carbocycles. The summed E-state index contributed by atoms with van der Waals surface area (Å²) in [6.45, 7) is 2.82. The highest BCUT2D eigenvalue weighted by atomic mass is 32.2. The molecule has 10 heteroatoms. The highest BCUT2D eigenvalue weighted by Crippen LogP contribution is 2.29. The number of benzene rings is 1. The number of anilines is 1. The molecule has 1 aliphatic heterocycles. The molecule has 116 valence electrons. The van der Waals surface area contributed by atoms with Gasteiger partial charge in [0.25, 0.3) is 5.69 Å². The van der Waals surface area contributed by atoms with E-state index < -0.39 is 14.9 Å². The van der Waals surface area contributed by atoms with Crippen LogP contribution in [0.4, 0.5) is 11.4 Å². The van der Waals surface area contributed by atoms with Crippen LogP contribution in [0, 0.1) is 10.1 Å². The summed E-state index contributed by atoms with van der Waals surface area (Å²) in [4.78, 5) is 10.2. The molecule has 3 N–H and O–H groups in total. The molecule has 8 nitrogen and oxygen atoms in total. The van der Waals surface area contributed by atoms with Crippen LogP contribution in [-0.4, -0.2) is 41.7 Å². The zero-order valence-electron chi connectivity index (χ0n) is 11.4. The van der Waals surface area contributed by atoms with Crippen molar-refractivity contribution in [1.82, 2.24) is 4.31 Å².